The standard InChI is InChI=1S/C29H41.C5H5.C2H6Si.2ClH.Zr/c1-26(2,3)22-14-18-13-19-15-23(27(4,5)6)25(29(10,11)12)17-21(19)20(18)16-24(22)28(7,8)9;1-2-4-5-3-1;1-3-2;;;/h14,16-17H,13H2,1-12H3;1-5H;1-2H3;2*1H;/q2*-1;;;;+2/p-2. The zero-order chi connectivity index (χ0) is 29.3. The summed E-state index contributed by atoms with van der Waals surface area (Å²) >= 11 is 1.74. The van der Waals surface area contributed by atoms with E-state index < -0.39 is 0 Å². The Balaban J connectivity index is 0.00000119. The normalized spacial score (nSPS) is 12.4. The minimum atomic E-state index is 0. The van der Waals surface area contributed by atoms with Crippen LogP contribution < -0.4 is 24.8 Å². The fraction of sp³-hybridized carbons (Fsp3) is 0.528. The second-order valence-electron chi connectivity index (χ2n) is 15.1. The molecule has 0 amide bonds. The van der Waals surface area contributed by atoms with Crippen molar-refractivity contribution < 1.29 is 48.1 Å². The van der Waals surface area contributed by atoms with Gasteiger partial charge in [0, 0.05) is 0 Å². The number of hydrogen-bond donors (Lipinski definition) is 0. The summed E-state index contributed by atoms with van der Waals surface area (Å²) in [6.07, 6.45) is 1.01. The predicted molar refractivity (Wildman–Crippen MR) is 168 cm³/mol. The Hall–Kier alpha value is -0.530. The third-order valence-electron chi connectivity index (χ3n) is 6.79. The Morgan fingerprint density at radius 3 is 1.40 bits per heavy atom. The van der Waals surface area contributed by atoms with Crippen LogP contribution in [0.3, 0.4) is 0 Å². The first kappa shape index (κ1) is 39.5. The van der Waals surface area contributed by atoms with Gasteiger partial charge in [-0.3, -0.25) is 0 Å². The molecule has 40 heavy (non-hydrogen) atoms. The van der Waals surface area contributed by atoms with Gasteiger partial charge in [-0.2, -0.15) is 35.9 Å². The first-order chi connectivity index (χ1) is 17.1. The minimum absolute atomic E-state index is 0. The van der Waals surface area contributed by atoms with Gasteiger partial charge in [-0.25, -0.2) is 12.1 Å². The molecule has 1 aliphatic rings. The molecule has 4 rings (SSSR count). The van der Waals surface area contributed by atoms with Crippen molar-refractivity contribution in [3.63, 3.8) is 0 Å². The van der Waals surface area contributed by atoms with Crippen molar-refractivity contribution in [2.45, 2.75) is 124 Å². The molecule has 0 aliphatic heterocycles. The average molecular weight is 675 g/mol. The molecule has 0 atom stereocenters. The smallest absolute Gasteiger partial charge is 0.172 e. The SMILES string of the molecule is CC(C)(C)c1[c-]c2c(cc1C(C)(C)C)-c1cc(C(C)(C)C)c(C(C)(C)C)cc1C2.C[Si](C)=[Zr+2].[Cl-].[Cl-].c1cc[cH-]c1. The van der Waals surface area contributed by atoms with Gasteiger partial charge in [0.2, 0.25) is 0 Å². The van der Waals surface area contributed by atoms with E-state index in [1.165, 1.54) is 44.5 Å². The topological polar surface area (TPSA) is 0 Å². The van der Waals surface area contributed by atoms with Crippen LogP contribution in [0.25, 0.3) is 11.1 Å². The van der Waals surface area contributed by atoms with Crippen molar-refractivity contribution in [3.05, 3.63) is 88.0 Å². The zero-order valence-corrected chi connectivity index (χ0v) is 32.6. The summed E-state index contributed by atoms with van der Waals surface area (Å²) in [4.78, 5) is 0. The molecule has 0 fully saturated rings. The number of rotatable bonds is 0. The van der Waals surface area contributed by atoms with Gasteiger partial charge in [-0.15, -0.1) is 16.7 Å². The Morgan fingerprint density at radius 2 is 1.05 bits per heavy atom. The van der Waals surface area contributed by atoms with Crippen LogP contribution in [0.5, 0.6) is 0 Å². The predicted octanol–water partition coefficient (Wildman–Crippen LogP) is 4.45. The van der Waals surface area contributed by atoms with Gasteiger partial charge in [-0.1, -0.05) is 106 Å². The van der Waals surface area contributed by atoms with Crippen molar-refractivity contribution in [3.8, 4) is 11.1 Å². The number of halogens is 2. The molecule has 0 bridgehead atoms. The van der Waals surface area contributed by atoms with Crippen molar-refractivity contribution >= 4 is 5.43 Å². The summed E-state index contributed by atoms with van der Waals surface area (Å²) in [6.45, 7) is 32.6. The molecule has 0 saturated carbocycles. The molecule has 3 aromatic carbocycles. The summed E-state index contributed by atoms with van der Waals surface area (Å²) < 4.78 is 0. The Morgan fingerprint density at radius 1 is 0.650 bits per heavy atom. The summed E-state index contributed by atoms with van der Waals surface area (Å²) in [5.41, 5.74) is 12.2. The summed E-state index contributed by atoms with van der Waals surface area (Å²) in [5, 5.41) is 0. The van der Waals surface area contributed by atoms with Crippen LogP contribution in [-0.4, -0.2) is 5.43 Å². The monoisotopic (exact) mass is 672 g/mol. The molecule has 0 spiro atoms. The molecule has 0 nitrogen and oxygen atoms in total. The van der Waals surface area contributed by atoms with E-state index in [4.69, 9.17) is 0 Å². The quantitative estimate of drug-likeness (QED) is 0.191. The summed E-state index contributed by atoms with van der Waals surface area (Å²) in [6, 6.07) is 21.4. The van der Waals surface area contributed by atoms with Gasteiger partial charge in [0.25, 0.3) is 0 Å². The maximum atomic E-state index is 3.90. The molecular weight excluding hydrogens is 623 g/mol. The van der Waals surface area contributed by atoms with E-state index in [1.807, 2.05) is 30.3 Å². The minimum Gasteiger partial charge on any atom is -1.00 e. The van der Waals surface area contributed by atoms with Crippen molar-refractivity contribution in [1.29, 1.82) is 0 Å². The van der Waals surface area contributed by atoms with E-state index in [9.17, 15) is 0 Å². The van der Waals surface area contributed by atoms with Gasteiger partial charge in [0.05, 0.1) is 0 Å². The first-order valence-electron chi connectivity index (χ1n) is 14.1. The molecule has 4 heteroatoms. The third-order valence-corrected chi connectivity index (χ3v) is 6.79. The Labute approximate surface area is 275 Å². The molecule has 0 heterocycles. The van der Waals surface area contributed by atoms with E-state index in [0.717, 1.165) is 6.42 Å². The summed E-state index contributed by atoms with van der Waals surface area (Å²) in [7, 11) is 0. The van der Waals surface area contributed by atoms with E-state index in [2.05, 4.69) is 120 Å². The van der Waals surface area contributed by atoms with Crippen LogP contribution in [0, 0.1) is 6.07 Å². The second kappa shape index (κ2) is 14.8. The average Bonchev–Trinajstić information content (AvgIpc) is 3.40. The number of fused-ring (bicyclic) bond motifs is 3. The molecule has 0 aromatic heterocycles. The molecule has 220 valence electrons. The van der Waals surface area contributed by atoms with Gasteiger partial charge in [0.1, 0.15) is 0 Å². The molecule has 0 saturated heterocycles. The van der Waals surface area contributed by atoms with Gasteiger partial charge in [-0.05, 0) is 39.4 Å². The van der Waals surface area contributed by atoms with Crippen LogP contribution in [0.15, 0.2) is 48.5 Å². The van der Waals surface area contributed by atoms with Crippen LogP contribution in [-0.2, 0) is 51.4 Å². The fourth-order valence-corrected chi connectivity index (χ4v) is 4.95. The van der Waals surface area contributed by atoms with Crippen molar-refractivity contribution in [1.82, 2.24) is 0 Å². The van der Waals surface area contributed by atoms with Crippen LogP contribution in [0.2, 0.25) is 13.1 Å². The fourth-order valence-electron chi connectivity index (χ4n) is 4.95. The van der Waals surface area contributed by atoms with Crippen molar-refractivity contribution in [2.24, 2.45) is 0 Å². The van der Waals surface area contributed by atoms with Gasteiger partial charge >= 0.3 is 41.9 Å². The summed E-state index contributed by atoms with van der Waals surface area (Å²) in [5.74, 6) is 0. The maximum absolute atomic E-state index is 3.90. The van der Waals surface area contributed by atoms with E-state index in [0.29, 0.717) is 0 Å². The van der Waals surface area contributed by atoms with Crippen molar-refractivity contribution in [2.75, 3.05) is 0 Å². The van der Waals surface area contributed by atoms with E-state index in [-0.39, 0.29) is 51.9 Å². The number of benzene rings is 2. The van der Waals surface area contributed by atoms with Gasteiger partial charge < -0.3 is 24.8 Å². The van der Waals surface area contributed by atoms with Crippen LogP contribution in [0.4, 0.5) is 0 Å². The molecule has 0 unspecified atom stereocenters. The first-order valence-corrected chi connectivity index (χ1v) is 20.3. The molecule has 0 radical (unpaired) electrons. The third kappa shape index (κ3) is 10.6. The van der Waals surface area contributed by atoms with Crippen LogP contribution >= 0.6 is 0 Å². The second-order valence-corrected chi connectivity index (χ2v) is 24.5. The Bertz CT molecular complexity index is 1140. The molecular formula is C36H52Cl2SiZr-2. The largest absolute Gasteiger partial charge is 1.00 e. The number of hydrogen-bond acceptors (Lipinski definition) is 0. The van der Waals surface area contributed by atoms with E-state index >= 15 is 0 Å². The maximum Gasteiger partial charge on any atom is -0.172 e. The van der Waals surface area contributed by atoms with Crippen LogP contribution in [0.1, 0.15) is 116 Å². The molecule has 1 aliphatic carbocycles. The van der Waals surface area contributed by atoms with Gasteiger partial charge in [0.15, 0.2) is 0 Å². The molecule has 3 aromatic rings. The zero-order valence-electron chi connectivity index (χ0n) is 27.6. The van der Waals surface area contributed by atoms with E-state index in [1.54, 1.807) is 23.3 Å². The molecule has 0 N–H and O–H groups in total. The Kier molecular flexibility index (Phi) is 14.6.